The van der Waals surface area contributed by atoms with Gasteiger partial charge in [0.15, 0.2) is 12.4 Å². The molecule has 7 nitrogen and oxygen atoms in total. The summed E-state index contributed by atoms with van der Waals surface area (Å²) in [5.41, 5.74) is 1.80. The average Bonchev–Trinajstić information content (AvgIpc) is 2.76. The van der Waals surface area contributed by atoms with Gasteiger partial charge in [0, 0.05) is 6.42 Å². The molecule has 0 bridgehead atoms. The van der Waals surface area contributed by atoms with Gasteiger partial charge in [0.1, 0.15) is 11.8 Å². The smallest absolute Gasteiger partial charge is 0.329 e. The number of carbonyl (C=O) groups excluding carboxylic acids is 4. The average molecular weight is 424 g/mol. The van der Waals surface area contributed by atoms with Gasteiger partial charge in [0.05, 0.1) is 12.5 Å². The van der Waals surface area contributed by atoms with Crippen LogP contribution in [0, 0.1) is 0 Å². The Labute approximate surface area is 182 Å². The van der Waals surface area contributed by atoms with Crippen molar-refractivity contribution in [2.24, 2.45) is 0 Å². The third kappa shape index (κ3) is 8.52. The van der Waals surface area contributed by atoms with Gasteiger partial charge in [-0.15, -0.1) is 0 Å². The van der Waals surface area contributed by atoms with Gasteiger partial charge in [0.25, 0.3) is 0 Å². The molecule has 0 radical (unpaired) electrons. The lowest BCUT2D eigenvalue weighted by atomic mass is 10.0. The van der Waals surface area contributed by atoms with Crippen molar-refractivity contribution < 1.29 is 23.9 Å². The molecule has 0 aromatic heterocycles. The number of ether oxygens (including phenoxy) is 1. The molecule has 2 aromatic rings. The van der Waals surface area contributed by atoms with Gasteiger partial charge in [-0.3, -0.25) is 14.4 Å². The summed E-state index contributed by atoms with van der Waals surface area (Å²) in [5, 5.41) is 5.49. The number of ketones is 2. The maximum atomic E-state index is 12.6. The number of amides is 1. The first-order chi connectivity index (χ1) is 14.9. The summed E-state index contributed by atoms with van der Waals surface area (Å²) >= 11 is 0. The standard InChI is InChI=1S/C24H28N2O5/c1-17(27)13-23(29)26-21(15-19-11-7-4-8-12-19)24(30)31-16-22(28)20(25-2)14-18-9-5-3-6-10-18/h3-12,20-21,25H,13-16H2,1-2H3,(H,26,29). The van der Waals surface area contributed by atoms with E-state index in [0.717, 1.165) is 11.1 Å². The Bertz CT molecular complexity index is 883. The van der Waals surface area contributed by atoms with E-state index in [2.05, 4.69) is 10.6 Å². The molecule has 0 spiro atoms. The van der Waals surface area contributed by atoms with Crippen LogP contribution >= 0.6 is 0 Å². The fraction of sp³-hybridized carbons (Fsp3) is 0.333. The van der Waals surface area contributed by atoms with E-state index in [0.29, 0.717) is 6.42 Å². The topological polar surface area (TPSA) is 102 Å². The number of hydrogen-bond donors (Lipinski definition) is 2. The predicted octanol–water partition coefficient (Wildman–Crippen LogP) is 1.64. The Kier molecular flexibility index (Phi) is 9.58. The summed E-state index contributed by atoms with van der Waals surface area (Å²) in [4.78, 5) is 48.5. The van der Waals surface area contributed by atoms with E-state index >= 15 is 0 Å². The molecule has 2 aromatic carbocycles. The monoisotopic (exact) mass is 424 g/mol. The first kappa shape index (κ1) is 24.0. The van der Waals surface area contributed by atoms with Gasteiger partial charge < -0.3 is 15.4 Å². The van der Waals surface area contributed by atoms with Crippen molar-refractivity contribution in [2.75, 3.05) is 13.7 Å². The number of nitrogens with one attached hydrogen (secondary N) is 2. The normalized spacial score (nSPS) is 12.5. The SMILES string of the molecule is CNC(Cc1ccccc1)C(=O)COC(=O)C(Cc1ccccc1)NC(=O)CC(C)=O. The van der Waals surface area contributed by atoms with E-state index in [1.807, 2.05) is 60.7 Å². The number of rotatable bonds is 12. The molecule has 0 saturated carbocycles. The van der Waals surface area contributed by atoms with E-state index in [9.17, 15) is 19.2 Å². The number of hydrogen-bond acceptors (Lipinski definition) is 6. The summed E-state index contributed by atoms with van der Waals surface area (Å²) in [7, 11) is 1.67. The molecular weight excluding hydrogens is 396 g/mol. The molecule has 0 aliphatic heterocycles. The molecule has 0 saturated heterocycles. The Morgan fingerprint density at radius 3 is 1.84 bits per heavy atom. The van der Waals surface area contributed by atoms with E-state index in [1.54, 1.807) is 7.05 Å². The number of esters is 1. The number of likely N-dealkylation sites (N-methyl/N-ethyl adjacent to an activating group) is 1. The van der Waals surface area contributed by atoms with Crippen molar-refractivity contribution in [2.45, 2.75) is 38.3 Å². The Morgan fingerprint density at radius 1 is 0.839 bits per heavy atom. The Hall–Kier alpha value is -3.32. The zero-order chi connectivity index (χ0) is 22.6. The van der Waals surface area contributed by atoms with E-state index in [-0.39, 0.29) is 24.4 Å². The minimum Gasteiger partial charge on any atom is -0.456 e. The quantitative estimate of drug-likeness (QED) is 0.397. The maximum Gasteiger partial charge on any atom is 0.329 e. The molecule has 7 heteroatoms. The fourth-order valence-corrected chi connectivity index (χ4v) is 3.08. The van der Waals surface area contributed by atoms with Crippen LogP contribution in [0.4, 0.5) is 0 Å². The molecule has 2 N–H and O–H groups in total. The van der Waals surface area contributed by atoms with Crippen LogP contribution in [0.2, 0.25) is 0 Å². The van der Waals surface area contributed by atoms with Gasteiger partial charge in [-0.2, -0.15) is 0 Å². The highest BCUT2D eigenvalue weighted by Gasteiger charge is 2.25. The van der Waals surface area contributed by atoms with Crippen molar-refractivity contribution in [3.8, 4) is 0 Å². The van der Waals surface area contributed by atoms with Gasteiger partial charge in [0.2, 0.25) is 5.91 Å². The van der Waals surface area contributed by atoms with E-state index < -0.39 is 30.6 Å². The summed E-state index contributed by atoms with van der Waals surface area (Å²) < 4.78 is 5.24. The van der Waals surface area contributed by atoms with Crippen LogP contribution in [0.1, 0.15) is 24.5 Å². The van der Waals surface area contributed by atoms with E-state index in [4.69, 9.17) is 4.74 Å². The Balaban J connectivity index is 1.99. The zero-order valence-electron chi connectivity index (χ0n) is 17.8. The van der Waals surface area contributed by atoms with Gasteiger partial charge in [-0.05, 0) is 31.5 Å². The van der Waals surface area contributed by atoms with Crippen LogP contribution in [0.25, 0.3) is 0 Å². The van der Waals surface area contributed by atoms with Crippen molar-refractivity contribution in [3.63, 3.8) is 0 Å². The van der Waals surface area contributed by atoms with Crippen molar-refractivity contribution in [1.29, 1.82) is 0 Å². The highest BCUT2D eigenvalue weighted by atomic mass is 16.5. The second-order valence-corrected chi connectivity index (χ2v) is 7.29. The molecule has 0 heterocycles. The minimum absolute atomic E-state index is 0.191. The van der Waals surface area contributed by atoms with Crippen LogP contribution in [-0.4, -0.2) is 49.2 Å². The second kappa shape index (κ2) is 12.4. The molecule has 164 valence electrons. The molecule has 0 aliphatic rings. The largest absolute Gasteiger partial charge is 0.456 e. The molecule has 1 amide bonds. The summed E-state index contributed by atoms with van der Waals surface area (Å²) in [6, 6.07) is 17.1. The molecule has 31 heavy (non-hydrogen) atoms. The number of carbonyl (C=O) groups is 4. The van der Waals surface area contributed by atoms with Crippen LogP contribution < -0.4 is 10.6 Å². The summed E-state index contributed by atoms with van der Waals surface area (Å²) in [6.07, 6.45) is 0.337. The van der Waals surface area contributed by atoms with Gasteiger partial charge in [-0.1, -0.05) is 60.7 Å². The molecule has 2 atom stereocenters. The predicted molar refractivity (Wildman–Crippen MR) is 116 cm³/mol. The van der Waals surface area contributed by atoms with Crippen LogP contribution in [0.5, 0.6) is 0 Å². The lowest BCUT2D eigenvalue weighted by molar-refractivity contribution is -0.151. The lowest BCUT2D eigenvalue weighted by Crippen LogP contribution is -2.45. The van der Waals surface area contributed by atoms with Gasteiger partial charge >= 0.3 is 5.97 Å². The first-order valence-corrected chi connectivity index (χ1v) is 10.1. The third-order valence-electron chi connectivity index (χ3n) is 4.69. The highest BCUT2D eigenvalue weighted by molar-refractivity contribution is 5.98. The third-order valence-corrected chi connectivity index (χ3v) is 4.69. The molecule has 0 aliphatic carbocycles. The lowest BCUT2D eigenvalue weighted by Gasteiger charge is -2.19. The van der Waals surface area contributed by atoms with Crippen molar-refractivity contribution in [3.05, 3.63) is 71.8 Å². The Morgan fingerprint density at radius 2 is 1.35 bits per heavy atom. The number of Topliss-reactive ketones (excluding diaryl/α,β-unsaturated/α-hetero) is 2. The van der Waals surface area contributed by atoms with Crippen LogP contribution in [0.3, 0.4) is 0 Å². The van der Waals surface area contributed by atoms with Gasteiger partial charge in [-0.25, -0.2) is 4.79 Å². The van der Waals surface area contributed by atoms with E-state index in [1.165, 1.54) is 6.92 Å². The molecule has 2 rings (SSSR count). The van der Waals surface area contributed by atoms with Crippen LogP contribution in [-0.2, 0) is 36.8 Å². The number of benzene rings is 2. The second-order valence-electron chi connectivity index (χ2n) is 7.29. The minimum atomic E-state index is -0.996. The highest BCUT2D eigenvalue weighted by Crippen LogP contribution is 2.07. The maximum absolute atomic E-state index is 12.6. The zero-order valence-corrected chi connectivity index (χ0v) is 17.8. The first-order valence-electron chi connectivity index (χ1n) is 10.1. The van der Waals surface area contributed by atoms with Crippen LogP contribution in [0.15, 0.2) is 60.7 Å². The summed E-state index contributed by atoms with van der Waals surface area (Å²) in [6.45, 7) is 0.887. The fourth-order valence-electron chi connectivity index (χ4n) is 3.08. The molecule has 2 unspecified atom stereocenters. The van der Waals surface area contributed by atoms with Crippen molar-refractivity contribution in [1.82, 2.24) is 10.6 Å². The molecular formula is C24H28N2O5. The van der Waals surface area contributed by atoms with Crippen molar-refractivity contribution >= 4 is 23.4 Å². The summed E-state index contributed by atoms with van der Waals surface area (Å²) in [5.74, 6) is -1.86. The molecule has 0 fully saturated rings.